The second-order valence-corrected chi connectivity index (χ2v) is 4.09. The molecule has 0 aliphatic carbocycles. The van der Waals surface area contributed by atoms with Gasteiger partial charge in [-0.15, -0.1) is 0 Å². The van der Waals surface area contributed by atoms with Gasteiger partial charge in [0, 0.05) is 19.6 Å². The van der Waals surface area contributed by atoms with Crippen molar-refractivity contribution in [3.63, 3.8) is 0 Å². The number of hydrogen-bond donors (Lipinski definition) is 2. The fraction of sp³-hybridized carbons (Fsp3) is 0.833. The minimum absolute atomic E-state index is 0.0379. The lowest BCUT2D eigenvalue weighted by Crippen LogP contribution is -2.26. The SMILES string of the molecule is CCCOCCC(=O)NCCCC(C)C(=O)O. The summed E-state index contributed by atoms with van der Waals surface area (Å²) >= 11 is 0. The van der Waals surface area contributed by atoms with Crippen LogP contribution in [0.25, 0.3) is 0 Å². The lowest BCUT2D eigenvalue weighted by atomic mass is 10.1. The van der Waals surface area contributed by atoms with Gasteiger partial charge in [0.05, 0.1) is 12.5 Å². The minimum atomic E-state index is -0.788. The highest BCUT2D eigenvalue weighted by Crippen LogP contribution is 2.04. The molecule has 0 fully saturated rings. The van der Waals surface area contributed by atoms with Gasteiger partial charge in [-0.3, -0.25) is 9.59 Å². The Balaban J connectivity index is 3.36. The molecule has 0 saturated carbocycles. The molecule has 5 heteroatoms. The van der Waals surface area contributed by atoms with Crippen LogP contribution in [0.3, 0.4) is 0 Å². The van der Waals surface area contributed by atoms with Crippen molar-refractivity contribution in [1.29, 1.82) is 0 Å². The quantitative estimate of drug-likeness (QED) is 0.571. The first-order valence-corrected chi connectivity index (χ1v) is 6.15. The molecule has 0 saturated heterocycles. The van der Waals surface area contributed by atoms with Gasteiger partial charge in [0.15, 0.2) is 0 Å². The van der Waals surface area contributed by atoms with Crippen LogP contribution in [-0.4, -0.2) is 36.7 Å². The summed E-state index contributed by atoms with van der Waals surface area (Å²) in [7, 11) is 0. The molecule has 17 heavy (non-hydrogen) atoms. The van der Waals surface area contributed by atoms with E-state index in [9.17, 15) is 9.59 Å². The van der Waals surface area contributed by atoms with E-state index < -0.39 is 5.97 Å². The van der Waals surface area contributed by atoms with Crippen LogP contribution in [0, 0.1) is 5.92 Å². The summed E-state index contributed by atoms with van der Waals surface area (Å²) in [5, 5.41) is 11.4. The average molecular weight is 245 g/mol. The second kappa shape index (κ2) is 10.1. The number of aliphatic carboxylic acids is 1. The van der Waals surface area contributed by atoms with Gasteiger partial charge in [-0.2, -0.15) is 0 Å². The van der Waals surface area contributed by atoms with E-state index in [1.165, 1.54) is 0 Å². The van der Waals surface area contributed by atoms with Crippen LogP contribution in [0.15, 0.2) is 0 Å². The Labute approximate surface area is 103 Å². The van der Waals surface area contributed by atoms with Gasteiger partial charge >= 0.3 is 5.97 Å². The van der Waals surface area contributed by atoms with Crippen molar-refractivity contribution in [2.24, 2.45) is 5.92 Å². The molecule has 0 aliphatic heterocycles. The number of ether oxygens (including phenoxy) is 1. The third-order valence-corrected chi connectivity index (χ3v) is 2.38. The smallest absolute Gasteiger partial charge is 0.306 e. The van der Waals surface area contributed by atoms with Gasteiger partial charge in [-0.1, -0.05) is 13.8 Å². The van der Waals surface area contributed by atoms with Gasteiger partial charge in [0.25, 0.3) is 0 Å². The first kappa shape index (κ1) is 15.9. The summed E-state index contributed by atoms with van der Waals surface area (Å²) in [6, 6.07) is 0. The van der Waals surface area contributed by atoms with Gasteiger partial charge in [0.2, 0.25) is 5.91 Å². The normalized spacial score (nSPS) is 12.1. The number of rotatable bonds is 10. The standard InChI is InChI=1S/C12H23NO4/c1-3-8-17-9-6-11(14)13-7-4-5-10(2)12(15)16/h10H,3-9H2,1-2H3,(H,13,14)(H,15,16). The maximum Gasteiger partial charge on any atom is 0.306 e. The van der Waals surface area contributed by atoms with E-state index in [1.807, 2.05) is 6.92 Å². The molecule has 0 aromatic rings. The molecule has 0 rings (SSSR count). The van der Waals surface area contributed by atoms with Crippen LogP contribution in [-0.2, 0) is 14.3 Å². The zero-order valence-electron chi connectivity index (χ0n) is 10.7. The van der Waals surface area contributed by atoms with Crippen molar-refractivity contribution < 1.29 is 19.4 Å². The molecule has 1 amide bonds. The molecule has 2 N–H and O–H groups in total. The Morgan fingerprint density at radius 2 is 2.06 bits per heavy atom. The Bertz CT molecular complexity index is 231. The highest BCUT2D eigenvalue weighted by molar-refractivity contribution is 5.75. The van der Waals surface area contributed by atoms with Crippen molar-refractivity contribution in [3.05, 3.63) is 0 Å². The van der Waals surface area contributed by atoms with Crippen molar-refractivity contribution in [3.8, 4) is 0 Å². The van der Waals surface area contributed by atoms with Gasteiger partial charge in [-0.05, 0) is 19.3 Å². The van der Waals surface area contributed by atoms with Crippen LogP contribution in [0.2, 0.25) is 0 Å². The molecule has 0 aliphatic rings. The molecular weight excluding hydrogens is 222 g/mol. The lowest BCUT2D eigenvalue weighted by Gasteiger charge is -2.07. The third kappa shape index (κ3) is 9.81. The van der Waals surface area contributed by atoms with Crippen molar-refractivity contribution in [1.82, 2.24) is 5.32 Å². The Hall–Kier alpha value is -1.10. The van der Waals surface area contributed by atoms with Crippen LogP contribution in [0.4, 0.5) is 0 Å². The third-order valence-electron chi connectivity index (χ3n) is 2.38. The summed E-state index contributed by atoms with van der Waals surface area (Å²) in [4.78, 5) is 21.8. The first-order chi connectivity index (χ1) is 8.07. The fourth-order valence-corrected chi connectivity index (χ4v) is 1.26. The number of hydrogen-bond acceptors (Lipinski definition) is 3. The molecule has 0 aromatic heterocycles. The average Bonchev–Trinajstić information content (AvgIpc) is 2.29. The van der Waals surface area contributed by atoms with Crippen LogP contribution >= 0.6 is 0 Å². The summed E-state index contributed by atoms with van der Waals surface area (Å²) in [6.45, 7) is 5.35. The van der Waals surface area contributed by atoms with E-state index in [1.54, 1.807) is 6.92 Å². The van der Waals surface area contributed by atoms with Gasteiger partial charge in [-0.25, -0.2) is 0 Å². The molecule has 0 bridgehead atoms. The minimum Gasteiger partial charge on any atom is -0.481 e. The van der Waals surface area contributed by atoms with Crippen LogP contribution in [0.5, 0.6) is 0 Å². The van der Waals surface area contributed by atoms with E-state index in [-0.39, 0.29) is 11.8 Å². The molecule has 0 aromatic carbocycles. The fourth-order valence-electron chi connectivity index (χ4n) is 1.26. The number of carboxylic acid groups (broad SMARTS) is 1. The first-order valence-electron chi connectivity index (χ1n) is 6.15. The van der Waals surface area contributed by atoms with Gasteiger partial charge in [0.1, 0.15) is 0 Å². The topological polar surface area (TPSA) is 75.6 Å². The lowest BCUT2D eigenvalue weighted by molar-refractivity contribution is -0.141. The van der Waals surface area contributed by atoms with Crippen LogP contribution in [0.1, 0.15) is 39.5 Å². The van der Waals surface area contributed by atoms with E-state index in [0.29, 0.717) is 39.0 Å². The van der Waals surface area contributed by atoms with E-state index in [0.717, 1.165) is 6.42 Å². The number of carboxylic acids is 1. The van der Waals surface area contributed by atoms with Crippen LogP contribution < -0.4 is 5.32 Å². The molecule has 1 atom stereocenters. The Morgan fingerprint density at radius 3 is 2.65 bits per heavy atom. The second-order valence-electron chi connectivity index (χ2n) is 4.09. The van der Waals surface area contributed by atoms with Crippen molar-refractivity contribution >= 4 is 11.9 Å². The monoisotopic (exact) mass is 245 g/mol. The maximum atomic E-state index is 11.3. The zero-order valence-corrected chi connectivity index (χ0v) is 10.7. The Morgan fingerprint density at radius 1 is 1.35 bits per heavy atom. The maximum absolute atomic E-state index is 11.3. The Kier molecular flexibility index (Phi) is 9.43. The van der Waals surface area contributed by atoms with E-state index in [4.69, 9.17) is 9.84 Å². The van der Waals surface area contributed by atoms with Gasteiger partial charge < -0.3 is 15.2 Å². The summed E-state index contributed by atoms with van der Waals surface area (Å²) in [5.41, 5.74) is 0. The number of amides is 1. The number of carbonyl (C=O) groups excluding carboxylic acids is 1. The van der Waals surface area contributed by atoms with E-state index in [2.05, 4.69) is 5.32 Å². The molecular formula is C12H23NO4. The molecule has 1 unspecified atom stereocenters. The summed E-state index contributed by atoms with van der Waals surface area (Å²) < 4.78 is 5.19. The largest absolute Gasteiger partial charge is 0.481 e. The number of nitrogens with one attached hydrogen (secondary N) is 1. The van der Waals surface area contributed by atoms with Crippen molar-refractivity contribution in [2.45, 2.75) is 39.5 Å². The summed E-state index contributed by atoms with van der Waals surface area (Å²) in [5.74, 6) is -1.17. The molecule has 0 spiro atoms. The molecule has 100 valence electrons. The van der Waals surface area contributed by atoms with Crippen molar-refractivity contribution in [2.75, 3.05) is 19.8 Å². The molecule has 0 radical (unpaired) electrons. The predicted octanol–water partition coefficient (Wildman–Crippen LogP) is 1.42. The highest BCUT2D eigenvalue weighted by atomic mass is 16.5. The van der Waals surface area contributed by atoms with E-state index >= 15 is 0 Å². The summed E-state index contributed by atoms with van der Waals surface area (Å²) in [6.07, 6.45) is 2.60. The highest BCUT2D eigenvalue weighted by Gasteiger charge is 2.09. The molecule has 5 nitrogen and oxygen atoms in total. The number of carbonyl (C=O) groups is 2. The predicted molar refractivity (Wildman–Crippen MR) is 64.8 cm³/mol. The molecule has 0 heterocycles. The zero-order chi connectivity index (χ0) is 13.1.